The van der Waals surface area contributed by atoms with Gasteiger partial charge in [0.1, 0.15) is 6.54 Å². The summed E-state index contributed by atoms with van der Waals surface area (Å²) in [5.74, 6) is -0.00898. The first-order valence-corrected chi connectivity index (χ1v) is 10.0. The Bertz CT molecular complexity index is 1160. The maximum atomic E-state index is 12.7. The Labute approximate surface area is 185 Å². The van der Waals surface area contributed by atoms with E-state index in [-0.39, 0.29) is 24.4 Å². The van der Waals surface area contributed by atoms with Gasteiger partial charge in [-0.1, -0.05) is 18.2 Å². The van der Waals surface area contributed by atoms with Gasteiger partial charge in [-0.15, -0.1) is 0 Å². The molecule has 32 heavy (non-hydrogen) atoms. The number of imide groups is 1. The van der Waals surface area contributed by atoms with Gasteiger partial charge in [0.05, 0.1) is 0 Å². The van der Waals surface area contributed by atoms with E-state index < -0.39 is 0 Å². The highest BCUT2D eigenvalue weighted by molar-refractivity contribution is 6.04. The molecule has 1 aromatic heterocycles. The Kier molecular flexibility index (Phi) is 5.80. The molecule has 3 aromatic rings. The van der Waals surface area contributed by atoms with Crippen LogP contribution in [0.15, 0.2) is 60.9 Å². The van der Waals surface area contributed by atoms with Crippen molar-refractivity contribution in [3.8, 4) is 0 Å². The maximum absolute atomic E-state index is 12.7. The molecule has 162 valence electrons. The molecule has 2 heterocycles. The lowest BCUT2D eigenvalue weighted by Gasteiger charge is -2.15. The fourth-order valence-corrected chi connectivity index (χ4v) is 3.28. The van der Waals surface area contributed by atoms with Crippen LogP contribution in [0.4, 0.5) is 22.1 Å². The van der Waals surface area contributed by atoms with Crippen molar-refractivity contribution in [3.05, 3.63) is 77.6 Å². The molecular weight excluding hydrogens is 408 g/mol. The van der Waals surface area contributed by atoms with Gasteiger partial charge in [-0.3, -0.25) is 14.5 Å². The zero-order chi connectivity index (χ0) is 22.7. The first kappa shape index (κ1) is 21.0. The van der Waals surface area contributed by atoms with Crippen LogP contribution in [0.3, 0.4) is 0 Å². The van der Waals surface area contributed by atoms with Crippen LogP contribution in [-0.4, -0.2) is 51.2 Å². The number of carbonyl (C=O) groups excluding carboxylic acids is 3. The first-order chi connectivity index (χ1) is 15.4. The number of rotatable bonds is 6. The van der Waals surface area contributed by atoms with Gasteiger partial charge in [-0.2, -0.15) is 0 Å². The fourth-order valence-electron chi connectivity index (χ4n) is 3.28. The second kappa shape index (κ2) is 8.84. The third kappa shape index (κ3) is 4.56. The van der Waals surface area contributed by atoms with E-state index in [1.165, 1.54) is 11.9 Å². The third-order valence-electron chi connectivity index (χ3n) is 5.15. The Morgan fingerprint density at radius 2 is 1.78 bits per heavy atom. The standard InChI is InChI=1S/C23H22N6O3/c1-15-4-9-18(12-19(15)27-22-24-10-3-11-25-22)26-21(31)17-7-5-16(6-8-17)13-29-14-20(30)28(2)23(29)32/h3-12H,13-14H2,1-2H3,(H,26,31)(H,24,25,27). The van der Waals surface area contributed by atoms with Crippen LogP contribution in [-0.2, 0) is 11.3 Å². The SMILES string of the molecule is Cc1ccc(NC(=O)c2ccc(CN3CC(=O)N(C)C3=O)cc2)cc1Nc1ncccn1. The normalized spacial score (nSPS) is 13.4. The summed E-state index contributed by atoms with van der Waals surface area (Å²) in [6.07, 6.45) is 3.30. The van der Waals surface area contributed by atoms with E-state index in [0.717, 1.165) is 21.7 Å². The number of aromatic nitrogens is 2. The van der Waals surface area contributed by atoms with Gasteiger partial charge in [-0.05, 0) is 48.4 Å². The van der Waals surface area contributed by atoms with Gasteiger partial charge < -0.3 is 15.5 Å². The van der Waals surface area contributed by atoms with Gasteiger partial charge in [0.2, 0.25) is 11.9 Å². The Balaban J connectivity index is 1.41. The molecule has 1 fully saturated rings. The monoisotopic (exact) mass is 430 g/mol. The molecule has 0 aliphatic carbocycles. The molecule has 9 nitrogen and oxygen atoms in total. The van der Waals surface area contributed by atoms with E-state index >= 15 is 0 Å². The molecule has 0 atom stereocenters. The van der Waals surface area contributed by atoms with Gasteiger partial charge in [0, 0.05) is 42.9 Å². The average molecular weight is 430 g/mol. The number of carbonyl (C=O) groups is 3. The minimum absolute atomic E-state index is 0.0649. The summed E-state index contributed by atoms with van der Waals surface area (Å²) in [4.78, 5) is 47.2. The van der Waals surface area contributed by atoms with Crippen LogP contribution in [0.25, 0.3) is 0 Å². The molecular formula is C23H22N6O3. The molecule has 1 aliphatic rings. The summed E-state index contributed by atoms with van der Waals surface area (Å²) in [6.45, 7) is 2.33. The van der Waals surface area contributed by atoms with Crippen LogP contribution >= 0.6 is 0 Å². The molecule has 0 spiro atoms. The fraction of sp³-hybridized carbons (Fsp3) is 0.174. The van der Waals surface area contributed by atoms with Crippen LogP contribution in [0, 0.1) is 6.92 Å². The van der Waals surface area contributed by atoms with Crippen molar-refractivity contribution in [1.29, 1.82) is 0 Å². The lowest BCUT2D eigenvalue weighted by molar-refractivity contribution is -0.124. The smallest absolute Gasteiger partial charge is 0.324 e. The van der Waals surface area contributed by atoms with E-state index in [4.69, 9.17) is 0 Å². The summed E-state index contributed by atoms with van der Waals surface area (Å²) in [5, 5.41) is 6.03. The largest absolute Gasteiger partial charge is 0.327 e. The summed E-state index contributed by atoms with van der Waals surface area (Å²) < 4.78 is 0. The van der Waals surface area contributed by atoms with Gasteiger partial charge in [0.15, 0.2) is 0 Å². The lowest BCUT2D eigenvalue weighted by atomic mass is 10.1. The molecule has 4 rings (SSSR count). The first-order valence-electron chi connectivity index (χ1n) is 10.0. The van der Waals surface area contributed by atoms with E-state index in [1.807, 2.05) is 25.1 Å². The minimum Gasteiger partial charge on any atom is -0.324 e. The third-order valence-corrected chi connectivity index (χ3v) is 5.15. The molecule has 1 aliphatic heterocycles. The number of nitrogens with zero attached hydrogens (tertiary/aromatic N) is 4. The highest BCUT2D eigenvalue weighted by Gasteiger charge is 2.32. The van der Waals surface area contributed by atoms with Gasteiger partial charge >= 0.3 is 6.03 Å². The summed E-state index contributed by atoms with van der Waals surface area (Å²) in [6, 6.07) is 13.9. The second-order valence-corrected chi connectivity index (χ2v) is 7.47. The maximum Gasteiger partial charge on any atom is 0.327 e. The quantitative estimate of drug-likeness (QED) is 0.582. The van der Waals surface area contributed by atoms with E-state index in [0.29, 0.717) is 23.7 Å². The highest BCUT2D eigenvalue weighted by Crippen LogP contribution is 2.23. The Morgan fingerprint density at radius 3 is 2.44 bits per heavy atom. The number of nitrogens with one attached hydrogen (secondary N) is 2. The molecule has 0 radical (unpaired) electrons. The number of urea groups is 1. The lowest BCUT2D eigenvalue weighted by Crippen LogP contribution is -2.29. The number of benzene rings is 2. The molecule has 2 N–H and O–H groups in total. The van der Waals surface area contributed by atoms with Crippen molar-refractivity contribution in [3.63, 3.8) is 0 Å². The molecule has 4 amide bonds. The van der Waals surface area contributed by atoms with Crippen molar-refractivity contribution in [2.45, 2.75) is 13.5 Å². The van der Waals surface area contributed by atoms with E-state index in [9.17, 15) is 14.4 Å². The topological polar surface area (TPSA) is 108 Å². The molecule has 1 saturated heterocycles. The highest BCUT2D eigenvalue weighted by atomic mass is 16.2. The van der Waals surface area contributed by atoms with Crippen molar-refractivity contribution < 1.29 is 14.4 Å². The second-order valence-electron chi connectivity index (χ2n) is 7.47. The molecule has 0 saturated carbocycles. The predicted octanol–water partition coefficient (Wildman–Crippen LogP) is 3.17. The molecule has 2 aromatic carbocycles. The summed E-state index contributed by atoms with van der Waals surface area (Å²) >= 11 is 0. The minimum atomic E-state index is -0.318. The number of hydrogen-bond acceptors (Lipinski definition) is 6. The van der Waals surface area contributed by atoms with Crippen LogP contribution in [0.2, 0.25) is 0 Å². The average Bonchev–Trinajstić information content (AvgIpc) is 3.03. The Hall–Kier alpha value is -4.27. The summed E-state index contributed by atoms with van der Waals surface area (Å²) in [5.41, 5.74) is 3.73. The zero-order valence-electron chi connectivity index (χ0n) is 17.7. The van der Waals surface area contributed by atoms with Crippen LogP contribution in [0.1, 0.15) is 21.5 Å². The number of aryl methyl sites for hydroxylation is 1. The number of likely N-dealkylation sites (N-methyl/N-ethyl adjacent to an activating group) is 1. The Morgan fingerprint density at radius 1 is 1.06 bits per heavy atom. The van der Waals surface area contributed by atoms with Crippen LogP contribution in [0.5, 0.6) is 0 Å². The van der Waals surface area contributed by atoms with Crippen LogP contribution < -0.4 is 10.6 Å². The predicted molar refractivity (Wildman–Crippen MR) is 119 cm³/mol. The number of hydrogen-bond donors (Lipinski definition) is 2. The van der Waals surface area contributed by atoms with Crippen molar-refractivity contribution in [1.82, 2.24) is 19.8 Å². The molecule has 0 bridgehead atoms. The van der Waals surface area contributed by atoms with Crippen molar-refractivity contribution in [2.24, 2.45) is 0 Å². The van der Waals surface area contributed by atoms with Crippen molar-refractivity contribution in [2.75, 3.05) is 24.2 Å². The molecule has 0 unspecified atom stereocenters. The van der Waals surface area contributed by atoms with E-state index in [1.54, 1.807) is 42.7 Å². The van der Waals surface area contributed by atoms with Crippen molar-refractivity contribution >= 4 is 35.2 Å². The molecule has 9 heteroatoms. The number of anilines is 3. The van der Waals surface area contributed by atoms with E-state index in [2.05, 4.69) is 20.6 Å². The van der Waals surface area contributed by atoms with Gasteiger partial charge in [0.25, 0.3) is 5.91 Å². The number of amides is 4. The zero-order valence-corrected chi connectivity index (χ0v) is 17.7. The summed E-state index contributed by atoms with van der Waals surface area (Å²) in [7, 11) is 1.47. The van der Waals surface area contributed by atoms with Gasteiger partial charge in [-0.25, -0.2) is 14.8 Å².